The molecule has 1 saturated heterocycles. The number of nitrogens with zero attached hydrogens (tertiary/aromatic N) is 2. The van der Waals surface area contributed by atoms with Crippen LogP contribution in [-0.2, 0) is 15.1 Å². The Bertz CT molecular complexity index is 1230. The summed E-state index contributed by atoms with van der Waals surface area (Å²) in [7, 11) is 0. The van der Waals surface area contributed by atoms with E-state index in [1.165, 1.54) is 6.42 Å². The fourth-order valence-corrected chi connectivity index (χ4v) is 5.80. The summed E-state index contributed by atoms with van der Waals surface area (Å²) in [4.78, 5) is 30.0. The third-order valence-electron chi connectivity index (χ3n) is 7.44. The van der Waals surface area contributed by atoms with Crippen LogP contribution in [-0.4, -0.2) is 17.9 Å². The second-order valence-electron chi connectivity index (χ2n) is 9.50. The monoisotopic (exact) mass is 463 g/mol. The van der Waals surface area contributed by atoms with E-state index >= 15 is 0 Å². The van der Waals surface area contributed by atoms with Crippen molar-refractivity contribution >= 4 is 17.5 Å². The van der Waals surface area contributed by atoms with Gasteiger partial charge < -0.3 is 5.32 Å². The van der Waals surface area contributed by atoms with Crippen molar-refractivity contribution in [2.24, 2.45) is 0 Å². The van der Waals surface area contributed by atoms with Crippen LogP contribution < -0.4 is 10.2 Å². The van der Waals surface area contributed by atoms with Gasteiger partial charge in [0, 0.05) is 24.1 Å². The average molecular weight is 464 g/mol. The van der Waals surface area contributed by atoms with Crippen LogP contribution in [0.25, 0.3) is 0 Å². The second-order valence-corrected chi connectivity index (χ2v) is 9.50. The molecule has 0 radical (unpaired) electrons. The van der Waals surface area contributed by atoms with Gasteiger partial charge in [0.05, 0.1) is 11.6 Å². The van der Waals surface area contributed by atoms with Gasteiger partial charge in [-0.05, 0) is 48.2 Å². The molecule has 1 heterocycles. The molecule has 1 N–H and O–H groups in total. The molecule has 5 rings (SSSR count). The number of hydrogen-bond donors (Lipinski definition) is 1. The average Bonchev–Trinajstić information content (AvgIpc) is 3.24. The highest BCUT2D eigenvalue weighted by Crippen LogP contribution is 2.52. The maximum atomic E-state index is 14.5. The van der Waals surface area contributed by atoms with E-state index < -0.39 is 5.54 Å². The fraction of sp³-hybridized carbons (Fsp3) is 0.300. The maximum absolute atomic E-state index is 14.5. The van der Waals surface area contributed by atoms with Gasteiger partial charge in [-0.1, -0.05) is 79.9 Å². The summed E-state index contributed by atoms with van der Waals surface area (Å²) in [5.74, 6) is -0.626. The van der Waals surface area contributed by atoms with Gasteiger partial charge in [-0.25, -0.2) is 0 Å². The Labute approximate surface area is 206 Å². The molecule has 0 unspecified atom stereocenters. The lowest BCUT2D eigenvalue weighted by molar-refractivity contribution is -0.129. The van der Waals surface area contributed by atoms with E-state index in [9.17, 15) is 14.9 Å². The number of nitriles is 1. The van der Waals surface area contributed by atoms with Gasteiger partial charge in [0.2, 0.25) is 5.91 Å². The van der Waals surface area contributed by atoms with Crippen LogP contribution in [0.5, 0.6) is 0 Å². The van der Waals surface area contributed by atoms with Crippen molar-refractivity contribution in [2.75, 3.05) is 4.90 Å². The first-order chi connectivity index (χ1) is 17.1. The quantitative estimate of drug-likeness (QED) is 0.549. The first-order valence-corrected chi connectivity index (χ1v) is 12.4. The summed E-state index contributed by atoms with van der Waals surface area (Å²) in [5, 5.41) is 12.7. The summed E-state index contributed by atoms with van der Waals surface area (Å²) in [6, 6.07) is 28.7. The molecule has 0 aromatic heterocycles. The highest BCUT2D eigenvalue weighted by molar-refractivity contribution is 6.09. The molecule has 2 atom stereocenters. The smallest absolute Gasteiger partial charge is 0.251 e. The highest BCUT2D eigenvalue weighted by Gasteiger charge is 2.60. The number of hydrogen-bond acceptors (Lipinski definition) is 3. The van der Waals surface area contributed by atoms with Gasteiger partial charge in [-0.2, -0.15) is 5.26 Å². The second kappa shape index (κ2) is 9.76. The summed E-state index contributed by atoms with van der Waals surface area (Å²) in [6.07, 6.45) is 5.50. The molecule has 5 nitrogen and oxygen atoms in total. The van der Waals surface area contributed by atoms with Crippen LogP contribution >= 0.6 is 0 Å². The van der Waals surface area contributed by atoms with Gasteiger partial charge in [-0.3, -0.25) is 14.5 Å². The molecular formula is C30H29N3O2. The number of anilines is 1. The molecule has 176 valence electrons. The van der Waals surface area contributed by atoms with Gasteiger partial charge in [0.25, 0.3) is 5.91 Å². The molecule has 2 aliphatic rings. The summed E-state index contributed by atoms with van der Waals surface area (Å²) < 4.78 is 0. The van der Waals surface area contributed by atoms with Crippen molar-refractivity contribution in [3.63, 3.8) is 0 Å². The molecular weight excluding hydrogens is 434 g/mol. The van der Waals surface area contributed by atoms with E-state index in [0.29, 0.717) is 16.8 Å². The number of rotatable bonds is 5. The van der Waals surface area contributed by atoms with E-state index in [4.69, 9.17) is 0 Å². The van der Waals surface area contributed by atoms with Crippen LogP contribution in [0.2, 0.25) is 0 Å². The van der Waals surface area contributed by atoms with Gasteiger partial charge >= 0.3 is 0 Å². The molecule has 2 fully saturated rings. The molecule has 0 spiro atoms. The van der Waals surface area contributed by atoms with E-state index in [1.54, 1.807) is 17.0 Å². The summed E-state index contributed by atoms with van der Waals surface area (Å²) in [6.45, 7) is 0. The Hall–Kier alpha value is -3.91. The van der Waals surface area contributed by atoms with E-state index in [0.717, 1.165) is 31.2 Å². The van der Waals surface area contributed by atoms with Crippen molar-refractivity contribution in [1.82, 2.24) is 5.32 Å². The Kier molecular flexibility index (Phi) is 6.37. The number of carbonyl (C=O) groups is 2. The van der Waals surface area contributed by atoms with Crippen molar-refractivity contribution in [3.8, 4) is 6.07 Å². The minimum Gasteiger partial charge on any atom is -0.351 e. The van der Waals surface area contributed by atoms with Crippen molar-refractivity contribution in [3.05, 3.63) is 102 Å². The van der Waals surface area contributed by atoms with E-state index in [1.807, 2.05) is 72.8 Å². The molecule has 3 aromatic rings. The zero-order valence-corrected chi connectivity index (χ0v) is 19.7. The summed E-state index contributed by atoms with van der Waals surface area (Å²) >= 11 is 0. The molecule has 0 bridgehead atoms. The van der Waals surface area contributed by atoms with Gasteiger partial charge in [0.1, 0.15) is 0 Å². The Morgan fingerprint density at radius 1 is 0.886 bits per heavy atom. The predicted octanol–water partition coefficient (Wildman–Crippen LogP) is 5.42. The zero-order chi connectivity index (χ0) is 24.3. The van der Waals surface area contributed by atoms with Crippen LogP contribution in [0.4, 0.5) is 5.69 Å². The SMILES string of the molecule is N#Cc1ccc([C@]2(C(=O)NC3CCCCC3)[C@H](c3ccccc3)CC(=O)N2c2ccccc2)cc1. The molecule has 2 amide bonds. The van der Waals surface area contributed by atoms with E-state index in [-0.39, 0.29) is 30.2 Å². The van der Waals surface area contributed by atoms with Gasteiger partial charge in [-0.15, -0.1) is 0 Å². The molecule has 1 aliphatic heterocycles. The first-order valence-electron chi connectivity index (χ1n) is 12.4. The third-order valence-corrected chi connectivity index (χ3v) is 7.44. The predicted molar refractivity (Wildman–Crippen MR) is 136 cm³/mol. The maximum Gasteiger partial charge on any atom is 0.251 e. The van der Waals surface area contributed by atoms with Crippen LogP contribution in [0.15, 0.2) is 84.9 Å². The number of para-hydroxylation sites is 1. The van der Waals surface area contributed by atoms with Crippen molar-refractivity contribution < 1.29 is 9.59 Å². The molecule has 5 heteroatoms. The zero-order valence-electron chi connectivity index (χ0n) is 19.7. The fourth-order valence-electron chi connectivity index (χ4n) is 5.80. The number of carbonyl (C=O) groups excluding carboxylic acids is 2. The van der Waals surface area contributed by atoms with E-state index in [2.05, 4.69) is 11.4 Å². The Balaban J connectivity index is 1.73. The highest BCUT2D eigenvalue weighted by atomic mass is 16.2. The van der Waals surface area contributed by atoms with Crippen LogP contribution in [0.1, 0.15) is 61.1 Å². The minimum absolute atomic E-state index is 0.0896. The van der Waals surface area contributed by atoms with Crippen molar-refractivity contribution in [1.29, 1.82) is 5.26 Å². The standard InChI is InChI=1S/C30H29N3O2/c31-21-22-16-18-24(19-17-22)30(29(35)32-25-12-6-2-7-13-25)27(23-10-4-1-5-11-23)20-28(34)33(30)26-14-8-3-9-15-26/h1,3-5,8-11,14-19,25,27H,2,6-7,12-13,20H2,(H,32,35)/t27-,30+/m0/s1. The lowest BCUT2D eigenvalue weighted by Gasteiger charge is -2.42. The number of amides is 2. The topological polar surface area (TPSA) is 73.2 Å². The Morgan fingerprint density at radius 3 is 2.14 bits per heavy atom. The Morgan fingerprint density at radius 2 is 1.51 bits per heavy atom. The lowest BCUT2D eigenvalue weighted by atomic mass is 9.73. The lowest BCUT2D eigenvalue weighted by Crippen LogP contribution is -2.58. The minimum atomic E-state index is -1.27. The number of benzene rings is 3. The molecule has 35 heavy (non-hydrogen) atoms. The summed E-state index contributed by atoms with van der Waals surface area (Å²) in [5.41, 5.74) is 1.60. The largest absolute Gasteiger partial charge is 0.351 e. The van der Waals surface area contributed by atoms with Crippen molar-refractivity contribution in [2.45, 2.75) is 56.0 Å². The van der Waals surface area contributed by atoms with Crippen LogP contribution in [0.3, 0.4) is 0 Å². The van der Waals surface area contributed by atoms with Gasteiger partial charge in [0.15, 0.2) is 5.54 Å². The number of nitrogens with one attached hydrogen (secondary N) is 1. The molecule has 1 aliphatic carbocycles. The normalized spacial score (nSPS) is 22.5. The molecule has 3 aromatic carbocycles. The van der Waals surface area contributed by atoms with Crippen LogP contribution in [0, 0.1) is 11.3 Å². The molecule has 1 saturated carbocycles. The first kappa shape index (κ1) is 22.9. The third kappa shape index (κ3) is 4.10.